The van der Waals surface area contributed by atoms with Crippen molar-refractivity contribution >= 4 is 0 Å². The first-order valence-electron chi connectivity index (χ1n) is 6.99. The molecule has 1 atom stereocenters. The zero-order valence-corrected chi connectivity index (χ0v) is 12.4. The molecule has 100 valence electrons. The van der Waals surface area contributed by atoms with Crippen LogP contribution < -0.4 is 4.74 Å². The van der Waals surface area contributed by atoms with Crippen LogP contribution >= 0.6 is 0 Å². The molecule has 0 radical (unpaired) electrons. The molecule has 0 saturated carbocycles. The fourth-order valence-electron chi connectivity index (χ4n) is 2.62. The van der Waals surface area contributed by atoms with Crippen LogP contribution in [0.25, 0.3) is 0 Å². The molecular weight excluding hydrogens is 220 g/mol. The number of ether oxygens (including phenoxy) is 1. The van der Waals surface area contributed by atoms with Crippen LogP contribution in [0.4, 0.5) is 0 Å². The van der Waals surface area contributed by atoms with Crippen LogP contribution in [0.3, 0.4) is 0 Å². The summed E-state index contributed by atoms with van der Waals surface area (Å²) < 4.78 is 5.60. The maximum Gasteiger partial charge on any atom is 0.119 e. The molecule has 1 aromatic rings. The summed E-state index contributed by atoms with van der Waals surface area (Å²) in [4.78, 5) is 0. The van der Waals surface area contributed by atoms with Crippen LogP contribution in [0, 0.1) is 13.8 Å². The highest BCUT2D eigenvalue weighted by Crippen LogP contribution is 2.32. The van der Waals surface area contributed by atoms with Gasteiger partial charge in [0.05, 0.1) is 6.61 Å². The third-order valence-electron chi connectivity index (χ3n) is 3.44. The minimum Gasteiger partial charge on any atom is -0.494 e. The van der Waals surface area contributed by atoms with Gasteiger partial charge in [-0.25, -0.2) is 0 Å². The molecule has 0 spiro atoms. The van der Waals surface area contributed by atoms with Crippen molar-refractivity contribution in [3.8, 4) is 5.75 Å². The van der Waals surface area contributed by atoms with Gasteiger partial charge >= 0.3 is 0 Å². The topological polar surface area (TPSA) is 9.23 Å². The Kier molecular flexibility index (Phi) is 5.97. The second-order valence-corrected chi connectivity index (χ2v) is 4.81. The molecule has 0 saturated heterocycles. The molecule has 1 aromatic carbocycles. The Hall–Kier alpha value is -1.24. The molecule has 0 aliphatic carbocycles. The van der Waals surface area contributed by atoms with Crippen LogP contribution in [0.15, 0.2) is 24.3 Å². The fraction of sp³-hybridized carbons (Fsp3) is 0.529. The Labute approximate surface area is 112 Å². The number of rotatable bonds is 6. The van der Waals surface area contributed by atoms with Gasteiger partial charge in [-0.1, -0.05) is 19.1 Å². The Morgan fingerprint density at radius 2 is 1.78 bits per heavy atom. The van der Waals surface area contributed by atoms with Crippen molar-refractivity contribution < 1.29 is 4.74 Å². The van der Waals surface area contributed by atoms with E-state index in [0.717, 1.165) is 18.8 Å². The zero-order valence-electron chi connectivity index (χ0n) is 12.4. The second kappa shape index (κ2) is 7.25. The quantitative estimate of drug-likeness (QED) is 0.630. The molecule has 1 unspecified atom stereocenters. The van der Waals surface area contributed by atoms with Crippen LogP contribution in [0.5, 0.6) is 5.75 Å². The summed E-state index contributed by atoms with van der Waals surface area (Å²) in [6.07, 6.45) is 6.72. The van der Waals surface area contributed by atoms with Crippen molar-refractivity contribution in [1.29, 1.82) is 0 Å². The Morgan fingerprint density at radius 3 is 2.22 bits per heavy atom. The average molecular weight is 246 g/mol. The summed E-state index contributed by atoms with van der Waals surface area (Å²) in [5, 5.41) is 0. The molecule has 0 aliphatic heterocycles. The van der Waals surface area contributed by atoms with Gasteiger partial charge in [-0.05, 0) is 75.3 Å². The number of allylic oxidation sites excluding steroid dienone is 2. The molecular formula is C17H26O. The van der Waals surface area contributed by atoms with E-state index in [9.17, 15) is 0 Å². The molecule has 0 aromatic heterocycles. The van der Waals surface area contributed by atoms with Crippen molar-refractivity contribution in [2.45, 2.75) is 53.4 Å². The van der Waals surface area contributed by atoms with Crippen LogP contribution in [0.1, 0.15) is 56.2 Å². The first kappa shape index (κ1) is 14.8. The lowest BCUT2D eigenvalue weighted by molar-refractivity contribution is 0.339. The molecule has 1 heteroatoms. The van der Waals surface area contributed by atoms with E-state index in [1.54, 1.807) is 0 Å². The van der Waals surface area contributed by atoms with Crippen LogP contribution in [0.2, 0.25) is 0 Å². The molecule has 0 fully saturated rings. The van der Waals surface area contributed by atoms with Crippen molar-refractivity contribution in [2.24, 2.45) is 0 Å². The molecule has 0 bridgehead atoms. The average Bonchev–Trinajstić information content (AvgIpc) is 2.33. The number of hydrogen-bond acceptors (Lipinski definition) is 1. The van der Waals surface area contributed by atoms with E-state index in [2.05, 4.69) is 52.0 Å². The predicted octanol–water partition coefficient (Wildman–Crippen LogP) is 5.16. The van der Waals surface area contributed by atoms with Gasteiger partial charge in [0.25, 0.3) is 0 Å². The number of hydrogen-bond donors (Lipinski definition) is 0. The van der Waals surface area contributed by atoms with Gasteiger partial charge in [0.1, 0.15) is 5.75 Å². The summed E-state index contributed by atoms with van der Waals surface area (Å²) >= 11 is 0. The Bertz CT molecular complexity index is 381. The normalized spacial score (nSPS) is 12.9. The summed E-state index contributed by atoms with van der Waals surface area (Å²) in [6, 6.07) is 4.34. The molecule has 0 N–H and O–H groups in total. The maximum absolute atomic E-state index is 5.60. The molecule has 0 aliphatic rings. The van der Waals surface area contributed by atoms with Crippen molar-refractivity contribution in [3.63, 3.8) is 0 Å². The van der Waals surface area contributed by atoms with Crippen LogP contribution in [-0.4, -0.2) is 6.61 Å². The van der Waals surface area contributed by atoms with E-state index in [4.69, 9.17) is 4.74 Å². The SMILES string of the molecule is C/C=C\CC(CC)c1c(C)cc(OCC)cc1C. The minimum absolute atomic E-state index is 0.622. The lowest BCUT2D eigenvalue weighted by Crippen LogP contribution is -2.03. The van der Waals surface area contributed by atoms with Gasteiger partial charge in [0.2, 0.25) is 0 Å². The first-order valence-corrected chi connectivity index (χ1v) is 6.99. The predicted molar refractivity (Wildman–Crippen MR) is 79.5 cm³/mol. The minimum atomic E-state index is 0.622. The lowest BCUT2D eigenvalue weighted by Gasteiger charge is -2.20. The fourth-order valence-corrected chi connectivity index (χ4v) is 2.62. The van der Waals surface area contributed by atoms with E-state index < -0.39 is 0 Å². The van der Waals surface area contributed by atoms with E-state index >= 15 is 0 Å². The molecule has 1 nitrogen and oxygen atoms in total. The lowest BCUT2D eigenvalue weighted by atomic mass is 9.86. The van der Waals surface area contributed by atoms with Gasteiger partial charge in [0.15, 0.2) is 0 Å². The van der Waals surface area contributed by atoms with Gasteiger partial charge in [-0.2, -0.15) is 0 Å². The third kappa shape index (κ3) is 3.63. The van der Waals surface area contributed by atoms with E-state index in [0.29, 0.717) is 5.92 Å². The Balaban J connectivity index is 3.06. The highest BCUT2D eigenvalue weighted by Gasteiger charge is 2.14. The van der Waals surface area contributed by atoms with Gasteiger partial charge in [0, 0.05) is 0 Å². The summed E-state index contributed by atoms with van der Waals surface area (Å²) in [5.74, 6) is 1.62. The summed E-state index contributed by atoms with van der Waals surface area (Å²) in [7, 11) is 0. The number of benzene rings is 1. The summed E-state index contributed by atoms with van der Waals surface area (Å²) in [5.41, 5.74) is 4.21. The van der Waals surface area contributed by atoms with E-state index in [1.165, 1.54) is 23.1 Å². The van der Waals surface area contributed by atoms with Crippen LogP contribution in [-0.2, 0) is 0 Å². The monoisotopic (exact) mass is 246 g/mol. The first-order chi connectivity index (χ1) is 8.63. The largest absolute Gasteiger partial charge is 0.494 e. The second-order valence-electron chi connectivity index (χ2n) is 4.81. The van der Waals surface area contributed by atoms with E-state index in [-0.39, 0.29) is 0 Å². The van der Waals surface area contributed by atoms with E-state index in [1.807, 2.05) is 6.92 Å². The molecule has 1 rings (SSSR count). The third-order valence-corrected chi connectivity index (χ3v) is 3.44. The number of aryl methyl sites for hydroxylation is 2. The van der Waals surface area contributed by atoms with Gasteiger partial charge in [-0.3, -0.25) is 0 Å². The van der Waals surface area contributed by atoms with Gasteiger partial charge in [-0.15, -0.1) is 0 Å². The standard InChI is InChI=1S/C17H26O/c1-6-9-10-15(7-2)17-13(4)11-16(18-8-3)12-14(17)5/h6,9,11-12,15H,7-8,10H2,1-5H3/b9-6-. The highest BCUT2D eigenvalue weighted by atomic mass is 16.5. The smallest absolute Gasteiger partial charge is 0.119 e. The zero-order chi connectivity index (χ0) is 13.5. The van der Waals surface area contributed by atoms with Crippen molar-refractivity contribution in [1.82, 2.24) is 0 Å². The highest BCUT2D eigenvalue weighted by molar-refractivity contribution is 5.43. The maximum atomic E-state index is 5.60. The van der Waals surface area contributed by atoms with Gasteiger partial charge < -0.3 is 4.74 Å². The molecule has 0 amide bonds. The Morgan fingerprint density at radius 1 is 1.17 bits per heavy atom. The molecule has 0 heterocycles. The molecule has 18 heavy (non-hydrogen) atoms. The van der Waals surface area contributed by atoms with Crippen molar-refractivity contribution in [3.05, 3.63) is 41.0 Å². The summed E-state index contributed by atoms with van der Waals surface area (Å²) in [6.45, 7) is 11.5. The van der Waals surface area contributed by atoms with Crippen molar-refractivity contribution in [2.75, 3.05) is 6.61 Å².